The Balaban J connectivity index is 1.84. The van der Waals surface area contributed by atoms with Crippen LogP contribution < -0.4 is 0 Å². The first kappa shape index (κ1) is 13.8. The number of carbonyl (C=O) groups excluding carboxylic acids is 1. The quantitative estimate of drug-likeness (QED) is 0.721. The van der Waals surface area contributed by atoms with Gasteiger partial charge in [-0.25, -0.2) is 0 Å². The molecule has 1 saturated carbocycles. The Morgan fingerprint density at radius 1 is 1.17 bits per heavy atom. The zero-order valence-electron chi connectivity index (χ0n) is 10.8. The minimum atomic E-state index is 0.403. The molecule has 0 bridgehead atoms. The van der Waals surface area contributed by atoms with Crippen molar-refractivity contribution >= 4 is 21.7 Å². The molecule has 98 valence electrons. The molecule has 2 rings (SSSR count). The monoisotopic (exact) mass is 308 g/mol. The molecular formula is C16H21BrO. The third kappa shape index (κ3) is 4.56. The molecule has 0 heterocycles. The third-order valence-electron chi connectivity index (χ3n) is 3.78. The van der Waals surface area contributed by atoms with E-state index in [1.54, 1.807) is 0 Å². The molecule has 1 fully saturated rings. The lowest BCUT2D eigenvalue weighted by Gasteiger charge is -2.12. The van der Waals surface area contributed by atoms with E-state index in [-0.39, 0.29) is 0 Å². The van der Waals surface area contributed by atoms with Gasteiger partial charge in [0.2, 0.25) is 0 Å². The van der Waals surface area contributed by atoms with Gasteiger partial charge in [-0.2, -0.15) is 0 Å². The summed E-state index contributed by atoms with van der Waals surface area (Å²) in [6, 6.07) is 8.08. The molecule has 1 aliphatic carbocycles. The predicted octanol–water partition coefficient (Wildman–Crippen LogP) is 4.92. The van der Waals surface area contributed by atoms with Crippen LogP contribution in [0.2, 0.25) is 0 Å². The molecule has 0 atom stereocenters. The molecule has 18 heavy (non-hydrogen) atoms. The van der Waals surface area contributed by atoms with Crippen molar-refractivity contribution in [2.24, 2.45) is 5.92 Å². The van der Waals surface area contributed by atoms with Crippen LogP contribution in [0.5, 0.6) is 0 Å². The fourth-order valence-electron chi connectivity index (χ4n) is 2.84. The summed E-state index contributed by atoms with van der Waals surface area (Å²) >= 11 is 3.45. The maximum Gasteiger partial charge on any atom is 0.137 e. The van der Waals surface area contributed by atoms with E-state index < -0.39 is 0 Å². The smallest absolute Gasteiger partial charge is 0.137 e. The zero-order valence-corrected chi connectivity index (χ0v) is 12.4. The average molecular weight is 309 g/mol. The lowest BCUT2D eigenvalue weighted by molar-refractivity contribution is -0.119. The second-order valence-electron chi connectivity index (χ2n) is 5.41. The Hall–Kier alpha value is -0.630. The van der Waals surface area contributed by atoms with Crippen LogP contribution in [0.1, 0.15) is 50.5 Å². The summed E-state index contributed by atoms with van der Waals surface area (Å²) in [5, 5.41) is 0. The number of ketones is 1. The lowest BCUT2D eigenvalue weighted by atomic mass is 9.92. The number of carbonyl (C=O) groups is 1. The van der Waals surface area contributed by atoms with Gasteiger partial charge in [0.25, 0.3) is 0 Å². The molecule has 1 aromatic rings. The normalized spacial score (nSPS) is 17.4. The Morgan fingerprint density at radius 3 is 2.56 bits per heavy atom. The Kier molecular flexibility index (Phi) is 5.43. The van der Waals surface area contributed by atoms with Crippen molar-refractivity contribution < 1.29 is 4.79 Å². The maximum absolute atomic E-state index is 12.1. The summed E-state index contributed by atoms with van der Waals surface area (Å²) in [7, 11) is 0. The fraction of sp³-hybridized carbons (Fsp3) is 0.562. The maximum atomic E-state index is 12.1. The van der Waals surface area contributed by atoms with Crippen LogP contribution in [-0.2, 0) is 11.2 Å². The first-order valence-electron chi connectivity index (χ1n) is 7.00. The van der Waals surface area contributed by atoms with Gasteiger partial charge in [-0.15, -0.1) is 0 Å². The Labute approximate surface area is 118 Å². The topological polar surface area (TPSA) is 17.1 Å². The van der Waals surface area contributed by atoms with Crippen molar-refractivity contribution in [3.63, 3.8) is 0 Å². The van der Waals surface area contributed by atoms with Crippen LogP contribution in [0, 0.1) is 5.92 Å². The lowest BCUT2D eigenvalue weighted by Crippen LogP contribution is -2.10. The number of Topliss-reactive ketones (excluding diaryl/α,β-unsaturated/α-hetero) is 1. The average Bonchev–Trinajstić information content (AvgIpc) is 2.57. The molecule has 0 N–H and O–H groups in total. The van der Waals surface area contributed by atoms with Crippen LogP contribution >= 0.6 is 15.9 Å². The van der Waals surface area contributed by atoms with Gasteiger partial charge in [0.1, 0.15) is 5.78 Å². The molecule has 0 unspecified atom stereocenters. The van der Waals surface area contributed by atoms with Crippen molar-refractivity contribution in [1.29, 1.82) is 0 Å². The van der Waals surface area contributed by atoms with E-state index in [1.807, 2.05) is 24.3 Å². The number of benzene rings is 1. The largest absolute Gasteiger partial charge is 0.299 e. The summed E-state index contributed by atoms with van der Waals surface area (Å²) < 4.78 is 1.06. The van der Waals surface area contributed by atoms with Gasteiger partial charge >= 0.3 is 0 Å². The van der Waals surface area contributed by atoms with E-state index in [0.717, 1.165) is 16.5 Å². The van der Waals surface area contributed by atoms with E-state index in [0.29, 0.717) is 18.1 Å². The van der Waals surface area contributed by atoms with Gasteiger partial charge in [0.15, 0.2) is 0 Å². The van der Waals surface area contributed by atoms with Crippen molar-refractivity contribution in [2.75, 3.05) is 0 Å². The number of halogens is 1. The van der Waals surface area contributed by atoms with E-state index in [2.05, 4.69) is 15.9 Å². The van der Waals surface area contributed by atoms with E-state index in [4.69, 9.17) is 0 Å². The molecule has 0 aliphatic heterocycles. The molecule has 0 saturated heterocycles. The van der Waals surface area contributed by atoms with Gasteiger partial charge in [0.05, 0.1) is 0 Å². The van der Waals surface area contributed by atoms with E-state index in [9.17, 15) is 4.79 Å². The van der Waals surface area contributed by atoms with Gasteiger partial charge in [-0.1, -0.05) is 66.6 Å². The minimum absolute atomic E-state index is 0.403. The van der Waals surface area contributed by atoms with Crippen LogP contribution in [0.4, 0.5) is 0 Å². The summed E-state index contributed by atoms with van der Waals surface area (Å²) in [6.45, 7) is 0. The molecule has 0 spiro atoms. The highest BCUT2D eigenvalue weighted by molar-refractivity contribution is 9.10. The highest BCUT2D eigenvalue weighted by Gasteiger charge is 2.16. The fourth-order valence-corrected chi connectivity index (χ4v) is 3.28. The second kappa shape index (κ2) is 7.08. The van der Waals surface area contributed by atoms with Crippen molar-refractivity contribution in [3.05, 3.63) is 34.3 Å². The molecule has 1 nitrogen and oxygen atoms in total. The highest BCUT2D eigenvalue weighted by Crippen LogP contribution is 2.26. The number of hydrogen-bond acceptors (Lipinski definition) is 1. The Morgan fingerprint density at radius 2 is 1.89 bits per heavy atom. The first-order chi connectivity index (χ1) is 8.74. The zero-order chi connectivity index (χ0) is 12.8. The van der Waals surface area contributed by atoms with Crippen LogP contribution in [0.15, 0.2) is 28.7 Å². The third-order valence-corrected chi connectivity index (χ3v) is 4.27. The molecule has 0 amide bonds. The van der Waals surface area contributed by atoms with Gasteiger partial charge in [0, 0.05) is 17.3 Å². The van der Waals surface area contributed by atoms with Crippen molar-refractivity contribution in [3.8, 4) is 0 Å². The van der Waals surface area contributed by atoms with Gasteiger partial charge < -0.3 is 0 Å². The minimum Gasteiger partial charge on any atom is -0.299 e. The van der Waals surface area contributed by atoms with E-state index >= 15 is 0 Å². The second-order valence-corrected chi connectivity index (χ2v) is 6.32. The summed E-state index contributed by atoms with van der Waals surface area (Å²) in [6.07, 6.45) is 9.23. The molecule has 1 aromatic carbocycles. The molecule has 1 aliphatic rings. The molecule has 0 radical (unpaired) electrons. The summed E-state index contributed by atoms with van der Waals surface area (Å²) in [4.78, 5) is 12.1. The summed E-state index contributed by atoms with van der Waals surface area (Å²) in [5.41, 5.74) is 1.13. The van der Waals surface area contributed by atoms with Gasteiger partial charge in [-0.05, 0) is 23.6 Å². The first-order valence-corrected chi connectivity index (χ1v) is 7.79. The number of rotatable bonds is 4. The SMILES string of the molecule is O=C(Cc1cccc(Br)c1)CC1CCCCCC1. The van der Waals surface area contributed by atoms with Crippen molar-refractivity contribution in [2.45, 2.75) is 51.4 Å². The van der Waals surface area contributed by atoms with Crippen LogP contribution in [0.3, 0.4) is 0 Å². The van der Waals surface area contributed by atoms with Crippen molar-refractivity contribution in [1.82, 2.24) is 0 Å². The summed E-state index contributed by atoms with van der Waals surface area (Å²) in [5.74, 6) is 1.05. The number of hydrogen-bond donors (Lipinski definition) is 0. The molecular weight excluding hydrogens is 288 g/mol. The molecule has 2 heteroatoms. The molecule has 0 aromatic heterocycles. The van der Waals surface area contributed by atoms with Crippen LogP contribution in [0.25, 0.3) is 0 Å². The predicted molar refractivity (Wildman–Crippen MR) is 78.7 cm³/mol. The Bertz CT molecular complexity index is 392. The van der Waals surface area contributed by atoms with Crippen LogP contribution in [-0.4, -0.2) is 5.78 Å². The highest BCUT2D eigenvalue weighted by atomic mass is 79.9. The standard InChI is InChI=1S/C16H21BrO/c17-15-9-5-8-14(10-15)12-16(18)11-13-6-3-1-2-4-7-13/h5,8-10,13H,1-4,6-7,11-12H2. The van der Waals surface area contributed by atoms with E-state index in [1.165, 1.54) is 38.5 Å². The van der Waals surface area contributed by atoms with Gasteiger partial charge in [-0.3, -0.25) is 4.79 Å².